The van der Waals surface area contributed by atoms with Gasteiger partial charge in [0.25, 0.3) is 0 Å². The molecule has 0 radical (unpaired) electrons. The predicted molar refractivity (Wildman–Crippen MR) is 136 cm³/mol. The third-order valence-corrected chi connectivity index (χ3v) is 8.37. The number of hydrogen-bond acceptors (Lipinski definition) is 3. The van der Waals surface area contributed by atoms with E-state index in [2.05, 4.69) is 13.5 Å². The Morgan fingerprint density at radius 1 is 1.03 bits per heavy atom. The topological polar surface area (TPSA) is 46.5 Å². The van der Waals surface area contributed by atoms with Gasteiger partial charge in [-0.15, -0.1) is 0 Å². The Hall–Kier alpha value is -1.68. The van der Waals surface area contributed by atoms with Crippen molar-refractivity contribution in [1.29, 1.82) is 0 Å². The Morgan fingerprint density at radius 2 is 1.71 bits per heavy atom. The molecule has 190 valence electrons. The van der Waals surface area contributed by atoms with Crippen LogP contribution in [0.4, 0.5) is 4.39 Å². The number of benzene rings is 1. The summed E-state index contributed by atoms with van der Waals surface area (Å²) in [5.74, 6) is 2.41. The zero-order valence-electron chi connectivity index (χ0n) is 21.2. The van der Waals surface area contributed by atoms with Gasteiger partial charge in [0, 0.05) is 0 Å². The largest absolute Gasteiger partial charge is 0.462 e. The number of aliphatic hydroxyl groups excluding tert-OH is 1. The highest BCUT2D eigenvalue weighted by molar-refractivity contribution is 5.87. The fourth-order valence-corrected chi connectivity index (χ4v) is 6.20. The van der Waals surface area contributed by atoms with E-state index >= 15 is 0 Å². The van der Waals surface area contributed by atoms with Gasteiger partial charge >= 0.3 is 5.97 Å². The smallest absolute Gasteiger partial charge is 0.335 e. The fraction of sp³-hybridized carbons (Fsp3) is 0.700. The van der Waals surface area contributed by atoms with Gasteiger partial charge in [-0.1, -0.05) is 64.2 Å². The minimum atomic E-state index is -0.570. The summed E-state index contributed by atoms with van der Waals surface area (Å²) in [4.78, 5) is 11.5. The van der Waals surface area contributed by atoms with E-state index in [4.69, 9.17) is 9.84 Å². The van der Waals surface area contributed by atoms with E-state index in [1.165, 1.54) is 64.2 Å². The standard InChI is InChI=1S/C30H45FO3/c1-3-4-5-7-23-9-12-25(13-10-23)26-14-16-27(17-15-26)28-18-11-24(20-29(28)31)8-6-19-34-30(33)22(2)21-32/h11,18,20,23,25-27,32H,2-10,12-17,19,21H2,1H3. The first-order valence-electron chi connectivity index (χ1n) is 13.8. The van der Waals surface area contributed by atoms with E-state index in [-0.39, 0.29) is 18.0 Å². The molecule has 1 aromatic carbocycles. The van der Waals surface area contributed by atoms with E-state index in [9.17, 15) is 9.18 Å². The first kappa shape index (κ1) is 26.9. The quantitative estimate of drug-likeness (QED) is 0.194. The van der Waals surface area contributed by atoms with Gasteiger partial charge in [-0.05, 0) is 92.2 Å². The van der Waals surface area contributed by atoms with E-state index in [1.807, 2.05) is 12.1 Å². The van der Waals surface area contributed by atoms with Crippen LogP contribution in [0.25, 0.3) is 0 Å². The summed E-state index contributed by atoms with van der Waals surface area (Å²) in [6.45, 7) is 5.58. The van der Waals surface area contributed by atoms with Crippen LogP contribution in [0.2, 0.25) is 0 Å². The maximum absolute atomic E-state index is 14.9. The van der Waals surface area contributed by atoms with Gasteiger partial charge in [-0.2, -0.15) is 0 Å². The number of carbonyl (C=O) groups excluding carboxylic acids is 1. The molecule has 0 amide bonds. The first-order chi connectivity index (χ1) is 16.5. The van der Waals surface area contributed by atoms with Gasteiger partial charge in [-0.25, -0.2) is 9.18 Å². The molecule has 3 rings (SSSR count). The normalized spacial score (nSPS) is 25.1. The Morgan fingerprint density at radius 3 is 2.32 bits per heavy atom. The lowest BCUT2D eigenvalue weighted by molar-refractivity contribution is -0.139. The second-order valence-corrected chi connectivity index (χ2v) is 10.7. The van der Waals surface area contributed by atoms with Crippen molar-refractivity contribution in [2.24, 2.45) is 17.8 Å². The minimum Gasteiger partial charge on any atom is -0.462 e. The van der Waals surface area contributed by atoms with Crippen LogP contribution in [-0.4, -0.2) is 24.3 Å². The lowest BCUT2D eigenvalue weighted by Gasteiger charge is -2.38. The zero-order valence-corrected chi connectivity index (χ0v) is 21.2. The molecule has 0 aliphatic heterocycles. The van der Waals surface area contributed by atoms with Crippen molar-refractivity contribution >= 4 is 5.97 Å². The maximum atomic E-state index is 14.9. The van der Waals surface area contributed by atoms with Crippen LogP contribution in [0.5, 0.6) is 0 Å². The summed E-state index contributed by atoms with van der Waals surface area (Å²) in [5.41, 5.74) is 1.87. The highest BCUT2D eigenvalue weighted by atomic mass is 19.1. The number of rotatable bonds is 12. The average molecular weight is 473 g/mol. The summed E-state index contributed by atoms with van der Waals surface area (Å²) in [6, 6.07) is 5.67. The molecular weight excluding hydrogens is 427 g/mol. The number of aryl methyl sites for hydroxylation is 1. The average Bonchev–Trinajstić information content (AvgIpc) is 2.87. The molecule has 2 aliphatic rings. The molecule has 4 heteroatoms. The Labute approximate surface area is 206 Å². The molecule has 0 atom stereocenters. The first-order valence-corrected chi connectivity index (χ1v) is 13.8. The van der Waals surface area contributed by atoms with Crippen molar-refractivity contribution in [2.45, 2.75) is 103 Å². The summed E-state index contributed by atoms with van der Waals surface area (Å²) in [6.07, 6.45) is 17.3. The lowest BCUT2D eigenvalue weighted by Crippen LogP contribution is -2.25. The molecule has 0 heterocycles. The van der Waals surface area contributed by atoms with Crippen LogP contribution in [0.15, 0.2) is 30.4 Å². The molecule has 0 spiro atoms. The molecule has 0 bridgehead atoms. The van der Waals surface area contributed by atoms with Crippen molar-refractivity contribution in [3.8, 4) is 0 Å². The molecule has 2 fully saturated rings. The van der Waals surface area contributed by atoms with Gasteiger partial charge < -0.3 is 9.84 Å². The van der Waals surface area contributed by atoms with Gasteiger partial charge in [0.05, 0.1) is 18.8 Å². The van der Waals surface area contributed by atoms with E-state index < -0.39 is 12.6 Å². The van der Waals surface area contributed by atoms with Gasteiger partial charge in [0.2, 0.25) is 0 Å². The van der Waals surface area contributed by atoms with Crippen molar-refractivity contribution in [2.75, 3.05) is 13.2 Å². The minimum absolute atomic E-state index is 0.0557. The Bertz CT molecular complexity index is 773. The number of halogens is 1. The number of carbonyl (C=O) groups is 1. The van der Waals surface area contributed by atoms with Crippen molar-refractivity contribution in [3.05, 3.63) is 47.3 Å². The monoisotopic (exact) mass is 472 g/mol. The number of aliphatic hydroxyl groups is 1. The van der Waals surface area contributed by atoms with Crippen molar-refractivity contribution in [1.82, 2.24) is 0 Å². The number of unbranched alkanes of at least 4 members (excludes halogenated alkanes) is 2. The van der Waals surface area contributed by atoms with Gasteiger partial charge in [-0.3, -0.25) is 0 Å². The number of hydrogen-bond donors (Lipinski definition) is 1. The van der Waals surface area contributed by atoms with Gasteiger partial charge in [0.1, 0.15) is 5.82 Å². The molecule has 2 saturated carbocycles. The van der Waals surface area contributed by atoms with Crippen LogP contribution < -0.4 is 0 Å². The van der Waals surface area contributed by atoms with Crippen molar-refractivity contribution < 1.29 is 19.0 Å². The molecule has 34 heavy (non-hydrogen) atoms. The molecule has 1 N–H and O–H groups in total. The SMILES string of the molecule is C=C(CO)C(=O)OCCCc1ccc(C2CCC(C3CCC(CCCCC)CC3)CC2)c(F)c1. The van der Waals surface area contributed by atoms with E-state index in [0.717, 1.165) is 41.7 Å². The third-order valence-electron chi connectivity index (χ3n) is 8.37. The molecule has 0 aromatic heterocycles. The Kier molecular flexibility index (Phi) is 11.1. The summed E-state index contributed by atoms with van der Waals surface area (Å²) < 4.78 is 20.0. The van der Waals surface area contributed by atoms with Crippen LogP contribution in [0.1, 0.15) is 107 Å². The molecule has 2 aliphatic carbocycles. The zero-order chi connectivity index (χ0) is 24.3. The van der Waals surface area contributed by atoms with Crippen molar-refractivity contribution in [3.63, 3.8) is 0 Å². The molecule has 1 aromatic rings. The summed E-state index contributed by atoms with van der Waals surface area (Å²) in [7, 11) is 0. The highest BCUT2D eigenvalue weighted by Gasteiger charge is 2.31. The van der Waals surface area contributed by atoms with Crippen LogP contribution in [-0.2, 0) is 16.0 Å². The lowest BCUT2D eigenvalue weighted by atomic mass is 9.68. The molecular formula is C30H45FO3. The third kappa shape index (κ3) is 7.93. The van der Waals surface area contributed by atoms with Crippen LogP contribution >= 0.6 is 0 Å². The number of esters is 1. The van der Waals surface area contributed by atoms with Crippen LogP contribution in [0.3, 0.4) is 0 Å². The Balaban J connectivity index is 1.39. The summed E-state index contributed by atoms with van der Waals surface area (Å²) >= 11 is 0. The second-order valence-electron chi connectivity index (χ2n) is 10.7. The predicted octanol–water partition coefficient (Wildman–Crippen LogP) is 7.51. The molecule has 0 unspecified atom stereocenters. The van der Waals surface area contributed by atoms with Crippen LogP contribution in [0, 0.1) is 23.6 Å². The summed E-state index contributed by atoms with van der Waals surface area (Å²) in [5, 5.41) is 8.89. The number of ether oxygens (including phenoxy) is 1. The fourth-order valence-electron chi connectivity index (χ4n) is 6.20. The van der Waals surface area contributed by atoms with E-state index in [0.29, 0.717) is 18.8 Å². The van der Waals surface area contributed by atoms with E-state index in [1.54, 1.807) is 6.07 Å². The highest BCUT2D eigenvalue weighted by Crippen LogP contribution is 2.45. The molecule has 0 saturated heterocycles. The van der Waals surface area contributed by atoms with Gasteiger partial charge in [0.15, 0.2) is 0 Å². The maximum Gasteiger partial charge on any atom is 0.335 e. The molecule has 3 nitrogen and oxygen atoms in total. The second kappa shape index (κ2) is 14.0.